The van der Waals surface area contributed by atoms with E-state index in [1.165, 1.54) is 38.1 Å². The van der Waals surface area contributed by atoms with Gasteiger partial charge >= 0.3 is 0 Å². The molecule has 0 saturated carbocycles. The van der Waals surface area contributed by atoms with E-state index in [2.05, 4.69) is 0 Å². The van der Waals surface area contributed by atoms with Crippen molar-refractivity contribution in [2.45, 2.75) is 26.0 Å². The highest BCUT2D eigenvalue weighted by Gasteiger charge is 2.02. The molecule has 1 aromatic rings. The molecular weight excluding hydrogens is 152 g/mol. The lowest BCUT2D eigenvalue weighted by atomic mass is 10.1. The summed E-state index contributed by atoms with van der Waals surface area (Å²) >= 11 is 0. The fraction of sp³-hybridized carbons (Fsp3) is 0.400. The zero-order chi connectivity index (χ0) is 11.0. The monoisotopic (exact) mass is 168 g/mol. The minimum absolute atomic E-state index is 0.436. The summed E-state index contributed by atoms with van der Waals surface area (Å²) in [4.78, 5) is 0. The molecule has 0 spiro atoms. The normalized spacial score (nSPS) is 23.3. The Balaban J connectivity index is 3.02. The summed E-state index contributed by atoms with van der Waals surface area (Å²) in [6.07, 6.45) is -3.27. The molecule has 0 unspecified atom stereocenters. The molecule has 2 N–H and O–H groups in total. The van der Waals surface area contributed by atoms with E-state index >= 15 is 0 Å². The van der Waals surface area contributed by atoms with Gasteiger partial charge in [-0.1, -0.05) is 24.3 Å². The van der Waals surface area contributed by atoms with Gasteiger partial charge in [-0.15, -0.1) is 0 Å². The lowest BCUT2D eigenvalue weighted by Crippen LogP contribution is -1.94. The first-order valence-corrected chi connectivity index (χ1v) is 3.77. The summed E-state index contributed by atoms with van der Waals surface area (Å²) in [5.74, 6) is 0. The van der Waals surface area contributed by atoms with Gasteiger partial charge in [0.05, 0.1) is 14.9 Å². The van der Waals surface area contributed by atoms with Gasteiger partial charge in [-0.3, -0.25) is 0 Å². The first-order valence-electron chi connectivity index (χ1n) is 4.77. The van der Waals surface area contributed by atoms with Crippen LogP contribution in [0.1, 0.15) is 39.9 Å². The van der Waals surface area contributed by atoms with E-state index in [1.54, 1.807) is 0 Å². The van der Waals surface area contributed by atoms with E-state index in [-0.39, 0.29) is 0 Å². The Morgan fingerprint density at radius 1 is 1.00 bits per heavy atom. The van der Waals surface area contributed by atoms with Crippen LogP contribution in [0.3, 0.4) is 0 Å². The van der Waals surface area contributed by atoms with E-state index in [4.69, 9.17) is 2.74 Å². The van der Waals surface area contributed by atoms with Gasteiger partial charge < -0.3 is 10.2 Å². The maximum Gasteiger partial charge on any atom is 0.0761 e. The molecule has 0 aliphatic heterocycles. The van der Waals surface area contributed by atoms with Gasteiger partial charge in [0, 0.05) is 0 Å². The third-order valence-electron chi connectivity index (χ3n) is 1.72. The Hall–Kier alpha value is -0.860. The van der Waals surface area contributed by atoms with Crippen LogP contribution in [-0.4, -0.2) is 10.2 Å². The second-order valence-electron chi connectivity index (χ2n) is 2.75. The van der Waals surface area contributed by atoms with Crippen molar-refractivity contribution in [2.24, 2.45) is 0 Å². The molecule has 1 rings (SSSR count). The van der Waals surface area contributed by atoms with Crippen LogP contribution in [0.4, 0.5) is 0 Å². The molecule has 0 aliphatic carbocycles. The van der Waals surface area contributed by atoms with Gasteiger partial charge in [-0.05, 0) is 25.0 Å². The van der Waals surface area contributed by atoms with Gasteiger partial charge in [0.1, 0.15) is 0 Å². The van der Waals surface area contributed by atoms with Crippen LogP contribution < -0.4 is 0 Å². The van der Waals surface area contributed by atoms with Crippen molar-refractivity contribution < 1.29 is 13.0 Å². The molecular formula is C10H14O2. The number of hydrogen-bond donors (Lipinski definition) is 2. The molecule has 0 saturated heterocycles. The van der Waals surface area contributed by atoms with Gasteiger partial charge in [0.15, 0.2) is 0 Å². The molecule has 2 nitrogen and oxygen atoms in total. The summed E-state index contributed by atoms with van der Waals surface area (Å²) in [5, 5.41) is 18.7. The second kappa shape index (κ2) is 3.70. The third kappa shape index (κ3) is 2.06. The van der Waals surface area contributed by atoms with E-state index in [0.29, 0.717) is 11.1 Å². The van der Waals surface area contributed by atoms with Crippen molar-refractivity contribution in [3.63, 3.8) is 0 Å². The Labute approximate surface area is 75.3 Å². The first-order chi connectivity index (χ1) is 6.21. The average Bonchev–Trinajstić information content (AvgIpc) is 2.01. The zero-order valence-corrected chi connectivity index (χ0v) is 7.20. The van der Waals surface area contributed by atoms with E-state index < -0.39 is 12.2 Å². The summed E-state index contributed by atoms with van der Waals surface area (Å²) in [7, 11) is 0. The zero-order valence-electron chi connectivity index (χ0n) is 9.20. The van der Waals surface area contributed by atoms with Crippen LogP contribution in [0.5, 0.6) is 0 Å². The quantitative estimate of drug-likeness (QED) is 0.706. The Kier molecular flexibility index (Phi) is 2.04. The molecule has 1 aromatic carbocycles. The van der Waals surface area contributed by atoms with Crippen LogP contribution in [0, 0.1) is 0 Å². The molecule has 0 radical (unpaired) electrons. The lowest BCUT2D eigenvalue weighted by molar-refractivity contribution is 0.195. The van der Waals surface area contributed by atoms with Gasteiger partial charge in [-0.2, -0.15) is 0 Å². The van der Waals surface area contributed by atoms with Crippen LogP contribution in [0.15, 0.2) is 24.3 Å². The molecule has 66 valence electrons. The van der Waals surface area contributed by atoms with Crippen LogP contribution in [-0.2, 0) is 0 Å². The summed E-state index contributed by atoms with van der Waals surface area (Å²) in [6.45, 7) is 2.72. The molecule has 0 bridgehead atoms. The van der Waals surface area contributed by atoms with Crippen LogP contribution in [0.25, 0.3) is 0 Å². The van der Waals surface area contributed by atoms with E-state index in [0.717, 1.165) is 0 Å². The molecule has 2 atom stereocenters. The predicted octanol–water partition coefficient (Wildman–Crippen LogP) is 1.79. The van der Waals surface area contributed by atoms with Crippen molar-refractivity contribution in [1.29, 1.82) is 0 Å². The highest BCUT2D eigenvalue weighted by Crippen LogP contribution is 2.16. The molecule has 0 fully saturated rings. The van der Waals surface area contributed by atoms with Gasteiger partial charge in [-0.25, -0.2) is 0 Å². The largest absolute Gasteiger partial charge is 0.389 e. The fourth-order valence-electron chi connectivity index (χ4n) is 0.953. The number of rotatable bonds is 2. The Bertz CT molecular complexity index is 273. The average molecular weight is 168 g/mol. The first kappa shape index (κ1) is 6.63. The summed E-state index contributed by atoms with van der Waals surface area (Å²) in [6, 6.07) is 6.13. The summed E-state index contributed by atoms with van der Waals surface area (Å²) in [5.41, 5.74) is 0.871. The minimum atomic E-state index is -1.63. The van der Waals surface area contributed by atoms with Crippen LogP contribution >= 0.6 is 0 Å². The topological polar surface area (TPSA) is 40.5 Å². The molecule has 2 heteroatoms. The fourth-order valence-corrected chi connectivity index (χ4v) is 0.953. The molecule has 0 heterocycles. The standard InChI is InChI=1S/C10H14O2/c1-7(11)9-3-5-10(6-4-9)8(2)12/h3-8,11-12H,1-2H3/t7-,8+/i7D,8D. The molecule has 0 aliphatic rings. The van der Waals surface area contributed by atoms with Gasteiger partial charge in [0.2, 0.25) is 0 Å². The lowest BCUT2D eigenvalue weighted by Gasteiger charge is -2.07. The number of hydrogen-bond acceptors (Lipinski definition) is 2. The predicted molar refractivity (Wildman–Crippen MR) is 47.7 cm³/mol. The molecule has 0 aromatic heterocycles. The minimum Gasteiger partial charge on any atom is -0.389 e. The van der Waals surface area contributed by atoms with Crippen molar-refractivity contribution in [1.82, 2.24) is 0 Å². The number of aliphatic hydroxyl groups is 2. The number of benzene rings is 1. The van der Waals surface area contributed by atoms with Crippen LogP contribution in [0.2, 0.25) is 0 Å². The van der Waals surface area contributed by atoms with Crippen molar-refractivity contribution in [2.75, 3.05) is 0 Å². The van der Waals surface area contributed by atoms with E-state index in [9.17, 15) is 10.2 Å². The van der Waals surface area contributed by atoms with E-state index in [1.807, 2.05) is 0 Å². The Morgan fingerprint density at radius 2 is 1.25 bits per heavy atom. The maximum atomic E-state index is 9.34. The highest BCUT2D eigenvalue weighted by molar-refractivity contribution is 5.24. The molecule has 12 heavy (non-hydrogen) atoms. The second-order valence-corrected chi connectivity index (χ2v) is 2.75. The van der Waals surface area contributed by atoms with Crippen molar-refractivity contribution in [3.8, 4) is 0 Å². The SMILES string of the molecule is [2H][C@](C)(O)c1ccc([C@]([2H])(C)O)cc1. The summed E-state index contributed by atoms with van der Waals surface area (Å²) < 4.78 is 14.7. The van der Waals surface area contributed by atoms with Gasteiger partial charge in [0.25, 0.3) is 0 Å². The van der Waals surface area contributed by atoms with Crippen molar-refractivity contribution in [3.05, 3.63) is 35.4 Å². The highest BCUT2D eigenvalue weighted by atomic mass is 16.3. The third-order valence-corrected chi connectivity index (χ3v) is 1.72. The smallest absolute Gasteiger partial charge is 0.0761 e. The van der Waals surface area contributed by atoms with Crippen molar-refractivity contribution >= 4 is 0 Å². The maximum absolute atomic E-state index is 9.34. The molecule has 0 amide bonds. The Morgan fingerprint density at radius 3 is 1.42 bits per heavy atom.